The van der Waals surface area contributed by atoms with Crippen LogP contribution < -0.4 is 5.32 Å². The zero-order chi connectivity index (χ0) is 12.4. The maximum Gasteiger partial charge on any atom is 0.224 e. The first-order chi connectivity index (χ1) is 8.11. The minimum Gasteiger partial charge on any atom is -0.358 e. The lowest BCUT2D eigenvalue weighted by Gasteiger charge is -2.02. The number of halogens is 1. The maximum atomic E-state index is 11.7. The highest BCUT2D eigenvalue weighted by molar-refractivity contribution is 9.10. The largest absolute Gasteiger partial charge is 0.358 e. The fraction of sp³-hybridized carbons (Fsp3) is 0.308. The number of carbonyl (C=O) groups is 1. The van der Waals surface area contributed by atoms with Crippen molar-refractivity contribution in [2.24, 2.45) is 0 Å². The Balaban J connectivity index is 2.41. The molecule has 0 aliphatic carbocycles. The molecule has 2 rings (SSSR count). The molecule has 0 radical (unpaired) electrons. The molecule has 0 spiro atoms. The fourth-order valence-electron chi connectivity index (χ4n) is 2.00. The average molecular weight is 295 g/mol. The molecule has 90 valence electrons. The van der Waals surface area contributed by atoms with Gasteiger partial charge in [-0.3, -0.25) is 4.79 Å². The number of aryl methyl sites for hydroxylation is 1. The van der Waals surface area contributed by atoms with E-state index < -0.39 is 0 Å². The minimum atomic E-state index is 0.0662. The second-order valence-electron chi connectivity index (χ2n) is 4.05. The second-order valence-corrected chi connectivity index (χ2v) is 4.96. The maximum absolute atomic E-state index is 11.7. The summed E-state index contributed by atoms with van der Waals surface area (Å²) in [6.45, 7) is 4.60. The first-order valence-electron chi connectivity index (χ1n) is 5.65. The lowest BCUT2D eigenvalue weighted by Crippen LogP contribution is -2.24. The van der Waals surface area contributed by atoms with E-state index in [0.29, 0.717) is 13.0 Å². The Kier molecular flexibility index (Phi) is 3.52. The predicted octanol–water partition coefficient (Wildman–Crippen LogP) is 2.92. The standard InChI is InChI=1S/C13H15BrN2O/c1-3-15-13(17)7-10-8(2)16-12-5-4-9(14)6-11(10)12/h4-6,16H,3,7H2,1-2H3,(H,15,17). The number of aromatic amines is 1. The van der Waals surface area contributed by atoms with E-state index in [-0.39, 0.29) is 5.91 Å². The van der Waals surface area contributed by atoms with Crippen molar-refractivity contribution in [3.8, 4) is 0 Å². The molecular formula is C13H15BrN2O. The summed E-state index contributed by atoms with van der Waals surface area (Å²) in [6, 6.07) is 6.06. The summed E-state index contributed by atoms with van der Waals surface area (Å²) in [5.41, 5.74) is 3.21. The van der Waals surface area contributed by atoms with Gasteiger partial charge < -0.3 is 10.3 Å². The number of H-pyrrole nitrogens is 1. The lowest BCUT2D eigenvalue weighted by atomic mass is 10.1. The van der Waals surface area contributed by atoms with Crippen LogP contribution in [0.5, 0.6) is 0 Å². The third-order valence-corrected chi connectivity index (χ3v) is 3.29. The van der Waals surface area contributed by atoms with Crippen molar-refractivity contribution in [3.05, 3.63) is 33.9 Å². The van der Waals surface area contributed by atoms with Crippen molar-refractivity contribution in [3.63, 3.8) is 0 Å². The van der Waals surface area contributed by atoms with E-state index in [1.807, 2.05) is 32.0 Å². The van der Waals surface area contributed by atoms with E-state index in [2.05, 4.69) is 26.2 Å². The quantitative estimate of drug-likeness (QED) is 0.898. The Bertz CT molecular complexity index is 560. The van der Waals surface area contributed by atoms with Gasteiger partial charge in [0.1, 0.15) is 0 Å². The van der Waals surface area contributed by atoms with Gasteiger partial charge in [-0.05, 0) is 37.6 Å². The van der Waals surface area contributed by atoms with Gasteiger partial charge in [-0.2, -0.15) is 0 Å². The minimum absolute atomic E-state index is 0.0662. The molecule has 0 saturated carbocycles. The molecule has 1 aromatic carbocycles. The summed E-state index contributed by atoms with van der Waals surface area (Å²) in [5, 5.41) is 3.94. The van der Waals surface area contributed by atoms with E-state index in [9.17, 15) is 4.79 Å². The van der Waals surface area contributed by atoms with E-state index in [0.717, 1.165) is 26.6 Å². The zero-order valence-corrected chi connectivity index (χ0v) is 11.5. The Hall–Kier alpha value is -1.29. The number of carbonyl (C=O) groups excluding carboxylic acids is 1. The molecule has 3 nitrogen and oxygen atoms in total. The van der Waals surface area contributed by atoms with Crippen LogP contribution in [0.25, 0.3) is 10.9 Å². The van der Waals surface area contributed by atoms with Gasteiger partial charge in [-0.1, -0.05) is 15.9 Å². The van der Waals surface area contributed by atoms with Crippen LogP contribution in [0, 0.1) is 6.92 Å². The number of fused-ring (bicyclic) bond motifs is 1. The van der Waals surface area contributed by atoms with Crippen molar-refractivity contribution in [1.29, 1.82) is 0 Å². The molecule has 17 heavy (non-hydrogen) atoms. The number of rotatable bonds is 3. The molecule has 4 heteroatoms. The first-order valence-corrected chi connectivity index (χ1v) is 6.44. The molecule has 1 heterocycles. The van der Waals surface area contributed by atoms with Gasteiger partial charge in [0.2, 0.25) is 5.91 Å². The molecular weight excluding hydrogens is 280 g/mol. The van der Waals surface area contributed by atoms with Gasteiger partial charge >= 0.3 is 0 Å². The van der Waals surface area contributed by atoms with E-state index in [1.165, 1.54) is 0 Å². The molecule has 0 saturated heterocycles. The molecule has 1 aromatic heterocycles. The molecule has 2 N–H and O–H groups in total. The van der Waals surface area contributed by atoms with Crippen molar-refractivity contribution < 1.29 is 4.79 Å². The average Bonchev–Trinajstić information content (AvgIpc) is 2.56. The Morgan fingerprint density at radius 2 is 2.24 bits per heavy atom. The smallest absolute Gasteiger partial charge is 0.224 e. The molecule has 0 atom stereocenters. The third kappa shape index (κ3) is 2.52. The number of nitrogens with one attached hydrogen (secondary N) is 2. The van der Waals surface area contributed by atoms with E-state index >= 15 is 0 Å². The first kappa shape index (κ1) is 12.2. The van der Waals surface area contributed by atoms with Gasteiger partial charge in [0.05, 0.1) is 6.42 Å². The number of benzene rings is 1. The highest BCUT2D eigenvalue weighted by atomic mass is 79.9. The van der Waals surface area contributed by atoms with Crippen LogP contribution in [0.4, 0.5) is 0 Å². The summed E-state index contributed by atoms with van der Waals surface area (Å²) in [7, 11) is 0. The summed E-state index contributed by atoms with van der Waals surface area (Å²) in [4.78, 5) is 15.0. The van der Waals surface area contributed by atoms with Crippen LogP contribution in [0.15, 0.2) is 22.7 Å². The number of hydrogen-bond acceptors (Lipinski definition) is 1. The van der Waals surface area contributed by atoms with E-state index in [4.69, 9.17) is 0 Å². The van der Waals surface area contributed by atoms with Crippen molar-refractivity contribution in [2.45, 2.75) is 20.3 Å². The SMILES string of the molecule is CCNC(=O)Cc1c(C)[nH]c2ccc(Br)cc12. The van der Waals surface area contributed by atoms with Crippen LogP contribution in [-0.2, 0) is 11.2 Å². The molecule has 1 amide bonds. The third-order valence-electron chi connectivity index (χ3n) is 2.79. The van der Waals surface area contributed by atoms with Crippen LogP contribution in [0.3, 0.4) is 0 Å². The van der Waals surface area contributed by atoms with Gasteiger partial charge in [-0.25, -0.2) is 0 Å². The molecule has 0 fully saturated rings. The highest BCUT2D eigenvalue weighted by Gasteiger charge is 2.12. The molecule has 0 aliphatic rings. The topological polar surface area (TPSA) is 44.9 Å². The number of likely N-dealkylation sites (N-methyl/N-ethyl adjacent to an activating group) is 1. The van der Waals surface area contributed by atoms with Gasteiger partial charge in [0, 0.05) is 27.6 Å². The van der Waals surface area contributed by atoms with E-state index in [1.54, 1.807) is 0 Å². The zero-order valence-electron chi connectivity index (χ0n) is 9.93. The molecule has 0 unspecified atom stereocenters. The van der Waals surface area contributed by atoms with Gasteiger partial charge in [0.25, 0.3) is 0 Å². The summed E-state index contributed by atoms with van der Waals surface area (Å²) in [5.74, 6) is 0.0662. The number of amides is 1. The summed E-state index contributed by atoms with van der Waals surface area (Å²) >= 11 is 3.46. The summed E-state index contributed by atoms with van der Waals surface area (Å²) in [6.07, 6.45) is 0.427. The number of hydrogen-bond donors (Lipinski definition) is 2. The van der Waals surface area contributed by atoms with Crippen LogP contribution in [0.1, 0.15) is 18.2 Å². The number of aromatic nitrogens is 1. The second kappa shape index (κ2) is 4.92. The lowest BCUT2D eigenvalue weighted by molar-refractivity contribution is -0.120. The van der Waals surface area contributed by atoms with Crippen molar-refractivity contribution in [2.75, 3.05) is 6.54 Å². The Labute approximate surface area is 109 Å². The predicted molar refractivity (Wildman–Crippen MR) is 73.1 cm³/mol. The highest BCUT2D eigenvalue weighted by Crippen LogP contribution is 2.25. The Morgan fingerprint density at radius 1 is 1.47 bits per heavy atom. The van der Waals surface area contributed by atoms with Gasteiger partial charge in [-0.15, -0.1) is 0 Å². The van der Waals surface area contributed by atoms with Crippen LogP contribution in [0.2, 0.25) is 0 Å². The molecule has 0 bridgehead atoms. The normalized spacial score (nSPS) is 10.8. The van der Waals surface area contributed by atoms with Crippen molar-refractivity contribution >= 4 is 32.7 Å². The fourth-order valence-corrected chi connectivity index (χ4v) is 2.36. The monoisotopic (exact) mass is 294 g/mol. The Morgan fingerprint density at radius 3 is 2.94 bits per heavy atom. The van der Waals surface area contributed by atoms with Crippen LogP contribution in [-0.4, -0.2) is 17.4 Å². The summed E-state index contributed by atoms with van der Waals surface area (Å²) < 4.78 is 1.03. The molecule has 0 aliphatic heterocycles. The van der Waals surface area contributed by atoms with Gasteiger partial charge in [0.15, 0.2) is 0 Å². The molecule has 2 aromatic rings. The van der Waals surface area contributed by atoms with Crippen LogP contribution >= 0.6 is 15.9 Å². The van der Waals surface area contributed by atoms with Crippen molar-refractivity contribution in [1.82, 2.24) is 10.3 Å².